The summed E-state index contributed by atoms with van der Waals surface area (Å²) in [6.07, 6.45) is 2.90. The van der Waals surface area contributed by atoms with Crippen LogP contribution < -0.4 is 0 Å². The first-order valence-electron chi connectivity index (χ1n) is 7.46. The van der Waals surface area contributed by atoms with Gasteiger partial charge in [-0.3, -0.25) is 9.88 Å². The van der Waals surface area contributed by atoms with Gasteiger partial charge in [-0.2, -0.15) is 0 Å². The number of likely N-dealkylation sites (tertiary alicyclic amines) is 1. The van der Waals surface area contributed by atoms with Gasteiger partial charge in [-0.05, 0) is 43.3 Å². The first-order valence-corrected chi connectivity index (χ1v) is 7.84. The molecule has 3 aromatic rings. The third-order valence-electron chi connectivity index (χ3n) is 4.10. The first-order chi connectivity index (χ1) is 10.8. The molecule has 0 radical (unpaired) electrons. The Morgan fingerprint density at radius 1 is 1.27 bits per heavy atom. The van der Waals surface area contributed by atoms with Gasteiger partial charge in [0, 0.05) is 30.2 Å². The smallest absolute Gasteiger partial charge is 0.199 e. The van der Waals surface area contributed by atoms with Crippen molar-refractivity contribution in [3.63, 3.8) is 0 Å². The Labute approximate surface area is 133 Å². The molecule has 3 heterocycles. The van der Waals surface area contributed by atoms with Crippen molar-refractivity contribution in [1.29, 1.82) is 0 Å². The Morgan fingerprint density at radius 3 is 3.09 bits per heavy atom. The summed E-state index contributed by atoms with van der Waals surface area (Å²) >= 11 is 6.00. The van der Waals surface area contributed by atoms with Crippen LogP contribution in [0.2, 0.25) is 5.02 Å². The minimum absolute atomic E-state index is 0.342. The zero-order valence-corrected chi connectivity index (χ0v) is 12.8. The van der Waals surface area contributed by atoms with E-state index < -0.39 is 0 Å². The summed E-state index contributed by atoms with van der Waals surface area (Å²) in [7, 11) is 0. The number of benzene rings is 1. The predicted molar refractivity (Wildman–Crippen MR) is 85.9 cm³/mol. The van der Waals surface area contributed by atoms with Crippen molar-refractivity contribution in [2.75, 3.05) is 13.1 Å². The van der Waals surface area contributed by atoms with Gasteiger partial charge in [0.1, 0.15) is 5.52 Å². The molecule has 1 aliphatic heterocycles. The van der Waals surface area contributed by atoms with Gasteiger partial charge in [-0.15, -0.1) is 0 Å². The van der Waals surface area contributed by atoms with Gasteiger partial charge in [-0.1, -0.05) is 17.7 Å². The largest absolute Gasteiger partial charge is 0.440 e. The van der Waals surface area contributed by atoms with E-state index in [1.54, 1.807) is 0 Å². The molecule has 1 fully saturated rings. The van der Waals surface area contributed by atoms with E-state index in [0.29, 0.717) is 10.9 Å². The molecule has 1 aliphatic rings. The fourth-order valence-corrected chi connectivity index (χ4v) is 3.16. The third kappa shape index (κ3) is 2.72. The van der Waals surface area contributed by atoms with E-state index in [1.165, 1.54) is 0 Å². The lowest BCUT2D eigenvalue weighted by atomic mass is 10.1. The van der Waals surface area contributed by atoms with E-state index in [2.05, 4.69) is 20.9 Å². The SMILES string of the molecule is Clc1ccc2oc([C@H]3CCN(Cc4ccccn4)C3)nc2c1. The van der Waals surface area contributed by atoms with Crippen LogP contribution in [0.4, 0.5) is 0 Å². The van der Waals surface area contributed by atoms with Crippen LogP contribution in [-0.2, 0) is 6.54 Å². The summed E-state index contributed by atoms with van der Waals surface area (Å²) in [5.41, 5.74) is 2.75. The number of hydrogen-bond acceptors (Lipinski definition) is 4. The lowest BCUT2D eigenvalue weighted by molar-refractivity contribution is 0.317. The average Bonchev–Trinajstić information content (AvgIpc) is 3.14. The first kappa shape index (κ1) is 13.7. The Bertz CT molecular complexity index is 787. The van der Waals surface area contributed by atoms with Gasteiger partial charge in [0.2, 0.25) is 0 Å². The van der Waals surface area contributed by atoms with Crippen molar-refractivity contribution in [1.82, 2.24) is 14.9 Å². The lowest BCUT2D eigenvalue weighted by Gasteiger charge is -2.14. The Morgan fingerprint density at radius 2 is 2.23 bits per heavy atom. The van der Waals surface area contributed by atoms with Crippen molar-refractivity contribution < 1.29 is 4.42 Å². The quantitative estimate of drug-likeness (QED) is 0.736. The van der Waals surface area contributed by atoms with Crippen LogP contribution in [0.1, 0.15) is 23.9 Å². The number of rotatable bonds is 3. The molecule has 0 spiro atoms. The van der Waals surface area contributed by atoms with Crippen molar-refractivity contribution in [2.24, 2.45) is 0 Å². The summed E-state index contributed by atoms with van der Waals surface area (Å²) < 4.78 is 5.89. The van der Waals surface area contributed by atoms with Gasteiger partial charge in [0.05, 0.1) is 5.69 Å². The molecule has 112 valence electrons. The van der Waals surface area contributed by atoms with Gasteiger partial charge >= 0.3 is 0 Å². The number of fused-ring (bicyclic) bond motifs is 1. The highest BCUT2D eigenvalue weighted by molar-refractivity contribution is 6.31. The number of pyridine rings is 1. The molecule has 0 aliphatic carbocycles. The second-order valence-corrected chi connectivity index (χ2v) is 6.14. The Kier molecular flexibility index (Phi) is 3.56. The molecule has 1 saturated heterocycles. The lowest BCUT2D eigenvalue weighted by Crippen LogP contribution is -2.20. The zero-order valence-electron chi connectivity index (χ0n) is 12.1. The Balaban J connectivity index is 1.49. The molecule has 0 bridgehead atoms. The fourth-order valence-electron chi connectivity index (χ4n) is 2.99. The number of oxazole rings is 1. The van der Waals surface area contributed by atoms with E-state index in [1.807, 2.05) is 36.5 Å². The molecule has 0 N–H and O–H groups in total. The van der Waals surface area contributed by atoms with Crippen LogP contribution in [-0.4, -0.2) is 28.0 Å². The highest BCUT2D eigenvalue weighted by Crippen LogP contribution is 2.30. The van der Waals surface area contributed by atoms with E-state index in [-0.39, 0.29) is 0 Å². The van der Waals surface area contributed by atoms with E-state index >= 15 is 0 Å². The van der Waals surface area contributed by atoms with Crippen LogP contribution in [0.5, 0.6) is 0 Å². The molecule has 5 heteroatoms. The van der Waals surface area contributed by atoms with Crippen LogP contribution in [0, 0.1) is 0 Å². The van der Waals surface area contributed by atoms with Crippen LogP contribution in [0.15, 0.2) is 47.0 Å². The average molecular weight is 314 g/mol. The molecular weight excluding hydrogens is 298 g/mol. The normalized spacial score (nSPS) is 19.0. The number of nitrogens with zero attached hydrogens (tertiary/aromatic N) is 3. The monoisotopic (exact) mass is 313 g/mol. The van der Waals surface area contributed by atoms with Crippen molar-refractivity contribution >= 4 is 22.7 Å². The van der Waals surface area contributed by atoms with Gasteiger partial charge in [-0.25, -0.2) is 4.98 Å². The summed E-state index contributed by atoms with van der Waals surface area (Å²) in [6.45, 7) is 2.88. The topological polar surface area (TPSA) is 42.2 Å². The molecule has 22 heavy (non-hydrogen) atoms. The summed E-state index contributed by atoms with van der Waals surface area (Å²) in [5, 5.41) is 0.690. The highest BCUT2D eigenvalue weighted by atomic mass is 35.5. The third-order valence-corrected chi connectivity index (χ3v) is 4.33. The number of aromatic nitrogens is 2. The highest BCUT2D eigenvalue weighted by Gasteiger charge is 2.28. The maximum absolute atomic E-state index is 6.00. The van der Waals surface area contributed by atoms with Crippen LogP contribution in [0.3, 0.4) is 0 Å². The van der Waals surface area contributed by atoms with Crippen molar-refractivity contribution in [3.05, 3.63) is 59.2 Å². The standard InChI is InChI=1S/C17H16ClN3O/c18-13-4-5-16-15(9-13)20-17(22-16)12-6-8-21(10-12)11-14-3-1-2-7-19-14/h1-5,7,9,12H,6,8,10-11H2/t12-/m0/s1. The molecule has 0 saturated carbocycles. The molecule has 1 aromatic carbocycles. The fraction of sp³-hybridized carbons (Fsp3) is 0.294. The Hall–Kier alpha value is -1.91. The van der Waals surface area contributed by atoms with Crippen LogP contribution >= 0.6 is 11.6 Å². The van der Waals surface area contributed by atoms with Gasteiger partial charge in [0.15, 0.2) is 11.5 Å². The van der Waals surface area contributed by atoms with Gasteiger partial charge in [0.25, 0.3) is 0 Å². The molecule has 2 aromatic heterocycles. The second kappa shape index (κ2) is 5.71. The maximum atomic E-state index is 6.00. The molecular formula is C17H16ClN3O. The van der Waals surface area contributed by atoms with E-state index in [9.17, 15) is 0 Å². The van der Waals surface area contributed by atoms with E-state index in [0.717, 1.165) is 48.7 Å². The van der Waals surface area contributed by atoms with Gasteiger partial charge < -0.3 is 4.42 Å². The van der Waals surface area contributed by atoms with Crippen LogP contribution in [0.25, 0.3) is 11.1 Å². The maximum Gasteiger partial charge on any atom is 0.199 e. The molecule has 0 unspecified atom stereocenters. The summed E-state index contributed by atoms with van der Waals surface area (Å²) in [6, 6.07) is 11.6. The van der Waals surface area contributed by atoms with Crippen molar-refractivity contribution in [3.8, 4) is 0 Å². The predicted octanol–water partition coefficient (Wildman–Crippen LogP) is 3.87. The summed E-state index contributed by atoms with van der Waals surface area (Å²) in [5.74, 6) is 1.16. The number of hydrogen-bond donors (Lipinski definition) is 0. The molecule has 0 amide bonds. The van der Waals surface area contributed by atoms with E-state index in [4.69, 9.17) is 16.0 Å². The summed E-state index contributed by atoms with van der Waals surface area (Å²) in [4.78, 5) is 11.4. The molecule has 1 atom stereocenters. The molecule has 4 rings (SSSR count). The number of halogens is 1. The van der Waals surface area contributed by atoms with Crippen molar-refractivity contribution in [2.45, 2.75) is 18.9 Å². The zero-order chi connectivity index (χ0) is 14.9. The minimum Gasteiger partial charge on any atom is -0.440 e. The second-order valence-electron chi connectivity index (χ2n) is 5.71. The minimum atomic E-state index is 0.342. The molecule has 4 nitrogen and oxygen atoms in total.